The van der Waals surface area contributed by atoms with Gasteiger partial charge in [-0.15, -0.1) is 0 Å². The minimum absolute atomic E-state index is 0.0448. The van der Waals surface area contributed by atoms with Gasteiger partial charge in [0.15, 0.2) is 25.7 Å². The largest absolute Gasteiger partial charge is 0.482 e. The van der Waals surface area contributed by atoms with E-state index in [0.29, 0.717) is 39.1 Å². The molecule has 1 saturated heterocycles. The number of ether oxygens (including phenoxy) is 3. The fourth-order valence-electron chi connectivity index (χ4n) is 6.90. The number of aliphatic hydroxyl groups is 1. The lowest BCUT2D eigenvalue weighted by Crippen LogP contribution is -2.48. The number of hydrogen-bond donors (Lipinski definition) is 4. The molecule has 3 aromatic carbocycles. The summed E-state index contributed by atoms with van der Waals surface area (Å²) in [4.78, 5) is 46.2. The van der Waals surface area contributed by atoms with Crippen molar-refractivity contribution in [1.29, 1.82) is 0 Å². The van der Waals surface area contributed by atoms with Crippen LogP contribution in [0.15, 0.2) is 60.8 Å². The van der Waals surface area contributed by atoms with E-state index in [2.05, 4.69) is 44.2 Å². The Hall–Kier alpha value is -5.29. The van der Waals surface area contributed by atoms with Crippen LogP contribution < -0.4 is 20.7 Å². The summed E-state index contributed by atoms with van der Waals surface area (Å²) in [5, 5.41) is 24.1. The highest BCUT2D eigenvalue weighted by atomic mass is 28.4. The molecular formula is C45H60FN5O9Si. The highest BCUT2D eigenvalue weighted by molar-refractivity contribution is 6.74. The maximum atomic E-state index is 15.8. The van der Waals surface area contributed by atoms with Gasteiger partial charge in [0.2, 0.25) is 5.91 Å². The summed E-state index contributed by atoms with van der Waals surface area (Å²) in [6.45, 7) is 19.8. The van der Waals surface area contributed by atoms with Gasteiger partial charge in [-0.3, -0.25) is 4.79 Å². The Morgan fingerprint density at radius 3 is 2.34 bits per heavy atom. The first-order valence-electron chi connectivity index (χ1n) is 20.3. The third-order valence-corrected chi connectivity index (χ3v) is 15.6. The Bertz CT molecular complexity index is 2260. The van der Waals surface area contributed by atoms with Crippen LogP contribution in [0.25, 0.3) is 10.8 Å². The summed E-state index contributed by atoms with van der Waals surface area (Å²) in [7, 11) is -0.628. The number of fused-ring (bicyclic) bond motifs is 1. The number of halogens is 1. The maximum Gasteiger partial charge on any atom is 0.425 e. The first-order chi connectivity index (χ1) is 28.4. The molecule has 1 aromatic heterocycles. The average Bonchev–Trinajstić information content (AvgIpc) is 3.58. The van der Waals surface area contributed by atoms with Crippen molar-refractivity contribution in [2.24, 2.45) is 0 Å². The first kappa shape index (κ1) is 46.8. The number of aliphatic hydroxyl groups excluding tert-OH is 1. The highest BCUT2D eigenvalue weighted by Crippen LogP contribution is 2.39. The van der Waals surface area contributed by atoms with Crippen molar-refractivity contribution in [2.45, 2.75) is 110 Å². The predicted octanol–water partition coefficient (Wildman–Crippen LogP) is 8.76. The Morgan fingerprint density at radius 2 is 1.72 bits per heavy atom. The molecule has 0 radical (unpaired) electrons. The molecule has 5 N–H and O–H groups in total. The lowest BCUT2D eigenvalue weighted by atomic mass is 9.93. The van der Waals surface area contributed by atoms with E-state index in [9.17, 15) is 24.6 Å². The SMILES string of the molecule is Cc1cc(C(Nc2ccc3c(N(C(=O)O)C(=O)OC(C)(C)C)nccc3c2)C(=O)N(C)Cc2cc(N)cc(F)c2O[C@@H]2COC[C@@H]2O[Si](C)(C)C(C)(C)C)ccc1[C@@H](C)CO. The van der Waals surface area contributed by atoms with Crippen molar-refractivity contribution in [1.82, 2.24) is 9.88 Å². The van der Waals surface area contributed by atoms with Crippen molar-refractivity contribution in [3.63, 3.8) is 0 Å². The number of carboxylic acid groups (broad SMARTS) is 1. The predicted molar refractivity (Wildman–Crippen MR) is 236 cm³/mol. The number of nitrogens with two attached hydrogens (primary N) is 1. The number of pyridine rings is 1. The molecule has 0 spiro atoms. The second-order valence-electron chi connectivity index (χ2n) is 18.2. The zero-order valence-electron chi connectivity index (χ0n) is 37.0. The Morgan fingerprint density at radius 1 is 1.03 bits per heavy atom. The lowest BCUT2D eigenvalue weighted by molar-refractivity contribution is -0.131. The molecule has 330 valence electrons. The molecule has 5 rings (SSSR count). The van der Waals surface area contributed by atoms with Crippen LogP contribution in [0.5, 0.6) is 5.75 Å². The van der Waals surface area contributed by atoms with Gasteiger partial charge in [0.1, 0.15) is 23.9 Å². The van der Waals surface area contributed by atoms with E-state index in [1.165, 1.54) is 17.2 Å². The zero-order chi connectivity index (χ0) is 45.2. The van der Waals surface area contributed by atoms with E-state index >= 15 is 4.39 Å². The van der Waals surface area contributed by atoms with E-state index in [1.54, 1.807) is 58.2 Å². The molecule has 4 aromatic rings. The molecule has 14 nitrogen and oxygen atoms in total. The standard InChI is InChI=1S/C45H60FN5O9Si/c1-26-18-29(12-14-33(26)27(2)23-52)38(49-32-13-15-34-28(20-32)16-17-48-40(34)51(42(54)55)43(56)59-44(3,4)5)41(53)50(9)22-30-19-31(47)21-35(46)39(30)58-36-24-57-25-37(36)60-61(10,11)45(6,7)8/h12-21,27,36-38,49,52H,22-25,47H2,1-11H3,(H,54,55)/t27-,36+,37-,38?/m0/s1. The number of nitrogens with zero attached hydrogens (tertiary/aromatic N) is 3. The fourth-order valence-corrected chi connectivity index (χ4v) is 8.23. The molecule has 4 atom stereocenters. The number of nitrogens with one attached hydrogen (secondary N) is 1. The summed E-state index contributed by atoms with van der Waals surface area (Å²) in [6.07, 6.45) is -2.30. The number of nitrogen functional groups attached to an aromatic ring is 1. The number of carbonyl (C=O) groups is 3. The normalized spacial score (nSPS) is 16.8. The molecule has 0 bridgehead atoms. The van der Waals surface area contributed by atoms with E-state index in [0.717, 1.165) is 11.1 Å². The smallest absolute Gasteiger partial charge is 0.425 e. The summed E-state index contributed by atoms with van der Waals surface area (Å²) in [6, 6.07) is 14.0. The average molecular weight is 862 g/mol. The van der Waals surface area contributed by atoms with E-state index in [4.69, 9.17) is 24.4 Å². The van der Waals surface area contributed by atoms with Crippen LogP contribution in [0.1, 0.15) is 82.7 Å². The minimum Gasteiger partial charge on any atom is -0.482 e. The molecule has 0 aliphatic carbocycles. The van der Waals surface area contributed by atoms with Crippen molar-refractivity contribution < 1.29 is 47.6 Å². The maximum absolute atomic E-state index is 15.8. The zero-order valence-corrected chi connectivity index (χ0v) is 38.0. The summed E-state index contributed by atoms with van der Waals surface area (Å²) in [5.74, 6) is -1.38. The lowest BCUT2D eigenvalue weighted by Gasteiger charge is -2.39. The van der Waals surface area contributed by atoms with Crippen molar-refractivity contribution >= 4 is 54.4 Å². The number of anilines is 3. The molecule has 0 saturated carbocycles. The number of benzene rings is 3. The van der Waals surface area contributed by atoms with Crippen molar-refractivity contribution in [2.75, 3.05) is 42.8 Å². The van der Waals surface area contributed by atoms with Crippen LogP contribution >= 0.6 is 0 Å². The number of rotatable bonds is 13. The van der Waals surface area contributed by atoms with Crippen LogP contribution in [0.3, 0.4) is 0 Å². The van der Waals surface area contributed by atoms with Crippen molar-refractivity contribution in [3.8, 4) is 5.75 Å². The van der Waals surface area contributed by atoms with Crippen LogP contribution in [0.2, 0.25) is 18.1 Å². The van der Waals surface area contributed by atoms with Crippen LogP contribution in [-0.4, -0.2) is 91.2 Å². The van der Waals surface area contributed by atoms with Gasteiger partial charge in [-0.1, -0.05) is 45.9 Å². The molecule has 1 aliphatic rings. The number of likely N-dealkylation sites (N-methyl/N-ethyl adjacent to an activating group) is 1. The Labute approximate surface area is 358 Å². The van der Waals surface area contributed by atoms with Crippen LogP contribution in [0.4, 0.5) is 31.2 Å². The van der Waals surface area contributed by atoms with Gasteiger partial charge < -0.3 is 44.8 Å². The highest BCUT2D eigenvalue weighted by Gasteiger charge is 2.43. The summed E-state index contributed by atoms with van der Waals surface area (Å²) in [5.41, 5.74) is 8.62. The second kappa shape index (κ2) is 18.4. The number of amides is 3. The van der Waals surface area contributed by atoms with E-state index in [-0.39, 0.29) is 53.9 Å². The first-order valence-corrected chi connectivity index (χ1v) is 23.2. The molecule has 2 heterocycles. The van der Waals surface area contributed by atoms with Gasteiger partial charge in [0, 0.05) is 60.7 Å². The van der Waals surface area contributed by atoms with E-state index in [1.807, 2.05) is 32.0 Å². The number of hydrogen-bond acceptors (Lipinski definition) is 11. The molecule has 16 heteroatoms. The van der Waals surface area contributed by atoms with Crippen LogP contribution in [0, 0.1) is 12.7 Å². The Kier molecular flexibility index (Phi) is 14.1. The summed E-state index contributed by atoms with van der Waals surface area (Å²) >= 11 is 0. The van der Waals surface area contributed by atoms with Crippen LogP contribution in [-0.2, 0) is 25.2 Å². The van der Waals surface area contributed by atoms with Gasteiger partial charge in [0.25, 0.3) is 0 Å². The molecule has 1 unspecified atom stereocenters. The van der Waals surface area contributed by atoms with E-state index < -0.39 is 50.2 Å². The van der Waals surface area contributed by atoms with Gasteiger partial charge in [-0.2, -0.15) is 4.90 Å². The summed E-state index contributed by atoms with van der Waals surface area (Å²) < 4.78 is 40.0. The van der Waals surface area contributed by atoms with Gasteiger partial charge in [0.05, 0.1) is 13.2 Å². The molecular weight excluding hydrogens is 802 g/mol. The number of aromatic nitrogens is 1. The third-order valence-electron chi connectivity index (χ3n) is 11.1. The minimum atomic E-state index is -2.23. The molecule has 1 aliphatic heterocycles. The van der Waals surface area contributed by atoms with Gasteiger partial charge >= 0.3 is 12.2 Å². The quantitative estimate of drug-likeness (QED) is 0.0741. The Balaban J connectivity index is 1.49. The van der Waals surface area contributed by atoms with Gasteiger partial charge in [-0.05, 0) is 98.2 Å². The number of aryl methyl sites for hydroxylation is 1. The van der Waals surface area contributed by atoms with Crippen molar-refractivity contribution in [3.05, 3.63) is 88.9 Å². The fraction of sp³-hybridized carbons (Fsp3) is 0.467. The van der Waals surface area contributed by atoms with Gasteiger partial charge in [-0.25, -0.2) is 19.0 Å². The molecule has 1 fully saturated rings. The molecule has 61 heavy (non-hydrogen) atoms. The third kappa shape index (κ3) is 11.0. The molecule has 3 amide bonds. The topological polar surface area (TPSA) is 186 Å². The monoisotopic (exact) mass is 861 g/mol. The number of imide groups is 1. The second-order valence-corrected chi connectivity index (χ2v) is 23.0. The number of carbonyl (C=O) groups excluding carboxylic acids is 2.